The fourth-order valence-corrected chi connectivity index (χ4v) is 6.32. The summed E-state index contributed by atoms with van der Waals surface area (Å²) in [6.07, 6.45) is 3.98. The van der Waals surface area contributed by atoms with Crippen molar-refractivity contribution in [2.75, 3.05) is 17.3 Å². The van der Waals surface area contributed by atoms with E-state index in [0.29, 0.717) is 58.2 Å². The van der Waals surface area contributed by atoms with Gasteiger partial charge in [0.05, 0.1) is 22.7 Å². The molecule has 8 nitrogen and oxygen atoms in total. The van der Waals surface area contributed by atoms with Crippen LogP contribution < -0.4 is 16.0 Å². The third-order valence-electron chi connectivity index (χ3n) is 8.03. The fourth-order valence-electron chi connectivity index (χ4n) is 5.91. The number of rotatable bonds is 9. The minimum atomic E-state index is -1.38. The van der Waals surface area contributed by atoms with E-state index in [1.807, 2.05) is 24.3 Å². The van der Waals surface area contributed by atoms with Gasteiger partial charge in [0.15, 0.2) is 5.72 Å². The molecule has 1 aliphatic heterocycles. The average Bonchev–Trinajstić information content (AvgIpc) is 3.14. The molecule has 0 radical (unpaired) electrons. The Balaban J connectivity index is 1.52. The molecule has 0 bridgehead atoms. The first-order valence-electron chi connectivity index (χ1n) is 14.2. The highest BCUT2D eigenvalue weighted by atomic mass is 35.5. The second kappa shape index (κ2) is 13.6. The van der Waals surface area contributed by atoms with Crippen molar-refractivity contribution in [3.05, 3.63) is 124 Å². The molecule has 3 N–H and O–H groups in total. The summed E-state index contributed by atoms with van der Waals surface area (Å²) in [5.74, 6) is -1.62. The SMILES string of the molecule is COC1(CC(N)=O)C(CCc2ccccn2)CCc2cc(Cl)ccc2N1C(=O)c1ccc(NC(=O)c2ccccc2Cl)cc1. The number of hydrogen-bond donors (Lipinski definition) is 2. The number of aromatic nitrogens is 1. The average molecular weight is 632 g/mol. The van der Waals surface area contributed by atoms with E-state index in [0.717, 1.165) is 11.3 Å². The lowest BCUT2D eigenvalue weighted by atomic mass is 9.83. The zero-order valence-corrected chi connectivity index (χ0v) is 25.6. The quantitative estimate of drug-likeness (QED) is 0.213. The van der Waals surface area contributed by atoms with E-state index < -0.39 is 11.6 Å². The number of primary amides is 1. The highest BCUT2D eigenvalue weighted by Gasteiger charge is 2.50. The maximum atomic E-state index is 14.5. The molecule has 2 heterocycles. The van der Waals surface area contributed by atoms with Gasteiger partial charge >= 0.3 is 0 Å². The summed E-state index contributed by atoms with van der Waals surface area (Å²) in [6.45, 7) is 0. The second-order valence-corrected chi connectivity index (χ2v) is 11.6. The first kappa shape index (κ1) is 31.2. The van der Waals surface area contributed by atoms with Crippen LogP contribution in [0.25, 0.3) is 0 Å². The van der Waals surface area contributed by atoms with E-state index in [-0.39, 0.29) is 24.2 Å². The molecule has 2 atom stereocenters. The van der Waals surface area contributed by atoms with E-state index >= 15 is 0 Å². The molecule has 0 spiro atoms. The van der Waals surface area contributed by atoms with E-state index in [4.69, 9.17) is 33.7 Å². The van der Waals surface area contributed by atoms with Gasteiger partial charge in [-0.25, -0.2) is 0 Å². The highest BCUT2D eigenvalue weighted by Crippen LogP contribution is 2.45. The number of halogens is 2. The van der Waals surface area contributed by atoms with Crippen LogP contribution in [0.2, 0.25) is 10.0 Å². The third-order valence-corrected chi connectivity index (χ3v) is 8.59. The van der Waals surface area contributed by atoms with Crippen molar-refractivity contribution in [3.63, 3.8) is 0 Å². The first-order chi connectivity index (χ1) is 21.2. The maximum absolute atomic E-state index is 14.5. The molecular formula is C34H32Cl2N4O4. The van der Waals surface area contributed by atoms with Gasteiger partial charge in [0.2, 0.25) is 5.91 Å². The van der Waals surface area contributed by atoms with Crippen molar-refractivity contribution in [2.45, 2.75) is 37.8 Å². The van der Waals surface area contributed by atoms with Crippen LogP contribution in [0.3, 0.4) is 0 Å². The molecule has 1 aromatic heterocycles. The number of methoxy groups -OCH3 is 1. The smallest absolute Gasteiger partial charge is 0.260 e. The van der Waals surface area contributed by atoms with Crippen molar-refractivity contribution in [3.8, 4) is 0 Å². The van der Waals surface area contributed by atoms with E-state index in [1.54, 1.807) is 71.8 Å². The number of nitrogens with two attached hydrogens (primary N) is 1. The molecule has 3 aromatic carbocycles. The summed E-state index contributed by atoms with van der Waals surface area (Å²) in [4.78, 5) is 46.0. The minimum absolute atomic E-state index is 0.212. The molecule has 44 heavy (non-hydrogen) atoms. The Morgan fingerprint density at radius 1 is 1.02 bits per heavy atom. The number of carbonyl (C=O) groups excluding carboxylic acids is 3. The predicted molar refractivity (Wildman–Crippen MR) is 172 cm³/mol. The molecule has 2 unspecified atom stereocenters. The van der Waals surface area contributed by atoms with Gasteiger partial charge in [-0.2, -0.15) is 0 Å². The van der Waals surface area contributed by atoms with Crippen LogP contribution in [0.1, 0.15) is 51.2 Å². The molecule has 1 aliphatic rings. The molecule has 0 saturated carbocycles. The minimum Gasteiger partial charge on any atom is -0.370 e. The van der Waals surface area contributed by atoms with E-state index in [2.05, 4.69) is 10.3 Å². The Labute approximate surface area is 266 Å². The number of anilines is 2. The zero-order valence-electron chi connectivity index (χ0n) is 24.1. The van der Waals surface area contributed by atoms with Crippen LogP contribution in [0, 0.1) is 5.92 Å². The third kappa shape index (κ3) is 6.63. The van der Waals surface area contributed by atoms with Crippen molar-refractivity contribution in [1.29, 1.82) is 0 Å². The molecule has 226 valence electrons. The fraction of sp³-hybridized carbons (Fsp3) is 0.235. The van der Waals surface area contributed by atoms with Gasteiger partial charge in [-0.05, 0) is 98.0 Å². The molecule has 0 aliphatic carbocycles. The van der Waals surface area contributed by atoms with Crippen LogP contribution >= 0.6 is 23.2 Å². The van der Waals surface area contributed by atoms with Gasteiger partial charge in [-0.15, -0.1) is 0 Å². The molecule has 0 saturated heterocycles. The largest absolute Gasteiger partial charge is 0.370 e. The van der Waals surface area contributed by atoms with Crippen LogP contribution in [0.5, 0.6) is 0 Å². The van der Waals surface area contributed by atoms with Crippen molar-refractivity contribution in [2.24, 2.45) is 11.7 Å². The molecule has 0 fully saturated rings. The number of aryl methyl sites for hydroxylation is 2. The van der Waals surface area contributed by atoms with Crippen molar-refractivity contribution < 1.29 is 19.1 Å². The van der Waals surface area contributed by atoms with Gasteiger partial charge in [-0.3, -0.25) is 24.3 Å². The lowest BCUT2D eigenvalue weighted by molar-refractivity contribution is -0.128. The summed E-state index contributed by atoms with van der Waals surface area (Å²) >= 11 is 12.6. The molecule has 10 heteroatoms. The summed E-state index contributed by atoms with van der Waals surface area (Å²) in [6, 6.07) is 24.4. The van der Waals surface area contributed by atoms with Crippen LogP contribution in [0.15, 0.2) is 91.1 Å². The normalized spacial score (nSPS) is 17.8. The molecule has 3 amide bonds. The molecule has 4 aromatic rings. The van der Waals surface area contributed by atoms with Gasteiger partial charge in [0.25, 0.3) is 11.8 Å². The van der Waals surface area contributed by atoms with Crippen LogP contribution in [-0.4, -0.2) is 35.5 Å². The zero-order chi connectivity index (χ0) is 31.3. The van der Waals surface area contributed by atoms with Gasteiger partial charge in [0.1, 0.15) is 0 Å². The number of pyridine rings is 1. The Morgan fingerprint density at radius 3 is 2.45 bits per heavy atom. The van der Waals surface area contributed by atoms with Crippen LogP contribution in [0.4, 0.5) is 11.4 Å². The van der Waals surface area contributed by atoms with Gasteiger partial charge < -0.3 is 15.8 Å². The summed E-state index contributed by atoms with van der Waals surface area (Å²) < 4.78 is 6.23. The number of fused-ring (bicyclic) bond motifs is 1. The predicted octanol–water partition coefficient (Wildman–Crippen LogP) is 6.70. The highest BCUT2D eigenvalue weighted by molar-refractivity contribution is 6.34. The first-order valence-corrected chi connectivity index (χ1v) is 15.0. The Bertz CT molecular complexity index is 1670. The van der Waals surface area contributed by atoms with Gasteiger partial charge in [-0.1, -0.05) is 41.4 Å². The monoisotopic (exact) mass is 630 g/mol. The molecular weight excluding hydrogens is 599 g/mol. The lowest BCUT2D eigenvalue weighted by Gasteiger charge is -2.46. The maximum Gasteiger partial charge on any atom is 0.260 e. The number of nitrogens with one attached hydrogen (secondary N) is 1. The number of carbonyl (C=O) groups is 3. The number of amides is 3. The van der Waals surface area contributed by atoms with Crippen LogP contribution in [-0.2, 0) is 22.4 Å². The molecule has 5 rings (SSSR count). The van der Waals surface area contributed by atoms with E-state index in [1.165, 1.54) is 7.11 Å². The summed E-state index contributed by atoms with van der Waals surface area (Å²) in [7, 11) is 1.51. The Kier molecular flexibility index (Phi) is 9.64. The lowest BCUT2D eigenvalue weighted by Crippen LogP contribution is -2.59. The summed E-state index contributed by atoms with van der Waals surface area (Å²) in [5.41, 5.74) is 7.96. The standard InChI is InChI=1S/C34H32Cl2N4O4/c1-44-34(21-31(37)41)24(13-17-26-6-4-5-19-38-26)12-9-23-20-25(35)14-18-30(23)40(34)33(43)22-10-15-27(16-11-22)39-32(42)28-7-2-3-8-29(28)36/h2-8,10-11,14-16,18-20,24H,9,12-13,17,21H2,1H3,(H2,37,41)(H,39,42). The second-order valence-electron chi connectivity index (χ2n) is 10.7. The number of benzene rings is 3. The van der Waals surface area contributed by atoms with Gasteiger partial charge in [0, 0.05) is 41.2 Å². The number of ether oxygens (including phenoxy) is 1. The van der Waals surface area contributed by atoms with Crippen molar-refractivity contribution >= 4 is 52.3 Å². The van der Waals surface area contributed by atoms with Crippen molar-refractivity contribution in [1.82, 2.24) is 4.98 Å². The van der Waals surface area contributed by atoms with E-state index in [9.17, 15) is 14.4 Å². The Morgan fingerprint density at radius 2 is 1.77 bits per heavy atom. The number of hydrogen-bond acceptors (Lipinski definition) is 5. The topological polar surface area (TPSA) is 115 Å². The Hall–Kier alpha value is -4.24. The number of nitrogens with zero attached hydrogens (tertiary/aromatic N) is 2. The summed E-state index contributed by atoms with van der Waals surface area (Å²) in [5, 5.41) is 3.69.